The van der Waals surface area contributed by atoms with Crippen molar-refractivity contribution in [3.05, 3.63) is 63.0 Å². The van der Waals surface area contributed by atoms with Gasteiger partial charge in [0.25, 0.3) is 11.5 Å². The number of aromatic nitrogens is 2. The maximum atomic E-state index is 13.0. The lowest BCUT2D eigenvalue weighted by Gasteiger charge is -2.20. The van der Waals surface area contributed by atoms with E-state index >= 15 is 0 Å². The van der Waals surface area contributed by atoms with Gasteiger partial charge < -0.3 is 9.47 Å². The van der Waals surface area contributed by atoms with E-state index in [-0.39, 0.29) is 11.5 Å². The molecular formula is C19H21N3O2S. The number of amides is 1. The van der Waals surface area contributed by atoms with Crippen LogP contribution in [0.4, 0.5) is 0 Å². The molecule has 0 saturated heterocycles. The second kappa shape index (κ2) is 7.19. The number of carbonyl (C=O) groups is 1. The largest absolute Gasteiger partial charge is 0.338 e. The third kappa shape index (κ3) is 3.35. The fourth-order valence-electron chi connectivity index (χ4n) is 2.87. The minimum atomic E-state index is -0.106. The molecule has 0 N–H and O–H groups in total. The van der Waals surface area contributed by atoms with Crippen molar-refractivity contribution >= 4 is 27.5 Å². The molecule has 1 amide bonds. The second-order valence-electron chi connectivity index (χ2n) is 6.02. The zero-order valence-corrected chi connectivity index (χ0v) is 15.5. The van der Waals surface area contributed by atoms with Crippen LogP contribution < -0.4 is 5.56 Å². The molecule has 1 aromatic carbocycles. The number of carbonyl (C=O) groups excluding carboxylic acids is 1. The molecule has 5 nitrogen and oxygen atoms in total. The van der Waals surface area contributed by atoms with Gasteiger partial charge in [-0.05, 0) is 31.4 Å². The smallest absolute Gasteiger partial charge is 0.264 e. The molecule has 2 heterocycles. The molecule has 3 rings (SSSR count). The van der Waals surface area contributed by atoms with Gasteiger partial charge in [-0.15, -0.1) is 11.3 Å². The summed E-state index contributed by atoms with van der Waals surface area (Å²) in [5, 5.41) is 0.553. The van der Waals surface area contributed by atoms with Crippen LogP contribution in [0.1, 0.15) is 27.7 Å². The van der Waals surface area contributed by atoms with Gasteiger partial charge in [0.2, 0.25) is 0 Å². The summed E-state index contributed by atoms with van der Waals surface area (Å²) in [7, 11) is 1.67. The van der Waals surface area contributed by atoms with Crippen LogP contribution in [0.5, 0.6) is 0 Å². The highest BCUT2D eigenvalue weighted by Crippen LogP contribution is 2.28. The summed E-state index contributed by atoms with van der Waals surface area (Å²) >= 11 is 1.30. The summed E-state index contributed by atoms with van der Waals surface area (Å²) in [6, 6.07) is 10.1. The Balaban J connectivity index is 1.88. The minimum Gasteiger partial charge on any atom is -0.338 e. The molecule has 0 bridgehead atoms. The summed E-state index contributed by atoms with van der Waals surface area (Å²) in [5.41, 5.74) is 1.83. The van der Waals surface area contributed by atoms with Crippen molar-refractivity contribution in [2.24, 2.45) is 7.05 Å². The topological polar surface area (TPSA) is 55.2 Å². The number of aryl methyl sites for hydroxylation is 2. The van der Waals surface area contributed by atoms with E-state index in [2.05, 4.69) is 17.1 Å². The molecule has 130 valence electrons. The van der Waals surface area contributed by atoms with Gasteiger partial charge >= 0.3 is 0 Å². The third-order valence-corrected chi connectivity index (χ3v) is 5.57. The van der Waals surface area contributed by atoms with E-state index in [9.17, 15) is 9.59 Å². The third-order valence-electron chi connectivity index (χ3n) is 4.39. The fourth-order valence-corrected chi connectivity index (χ4v) is 3.98. The molecule has 6 heteroatoms. The lowest BCUT2D eigenvalue weighted by molar-refractivity contribution is 0.0770. The standard InChI is InChI=1S/C19H21N3O2S/c1-4-22(11-10-14-8-6-5-7-9-14)19(24)16-13(2)15-17(25-16)20-12-21(3)18(15)23/h5-9,12H,4,10-11H2,1-3H3. The lowest BCUT2D eigenvalue weighted by Crippen LogP contribution is -2.32. The van der Waals surface area contributed by atoms with E-state index in [1.807, 2.05) is 36.9 Å². The molecule has 0 spiro atoms. The SMILES string of the molecule is CCN(CCc1ccccc1)C(=O)c1sc2ncn(C)c(=O)c2c1C. The summed E-state index contributed by atoms with van der Waals surface area (Å²) in [5.74, 6) is -0.0269. The highest BCUT2D eigenvalue weighted by molar-refractivity contribution is 7.20. The predicted octanol–water partition coefficient (Wildman–Crippen LogP) is 3.01. The van der Waals surface area contributed by atoms with Crippen molar-refractivity contribution in [1.82, 2.24) is 14.5 Å². The molecule has 0 saturated carbocycles. The highest BCUT2D eigenvalue weighted by Gasteiger charge is 2.22. The number of nitrogens with zero attached hydrogens (tertiary/aromatic N) is 3. The number of fused-ring (bicyclic) bond motifs is 1. The molecule has 0 radical (unpaired) electrons. The van der Waals surface area contributed by atoms with Gasteiger partial charge in [0, 0.05) is 20.1 Å². The van der Waals surface area contributed by atoms with Crippen LogP contribution in [-0.2, 0) is 13.5 Å². The average Bonchev–Trinajstić information content (AvgIpc) is 2.97. The van der Waals surface area contributed by atoms with Gasteiger partial charge in [-0.3, -0.25) is 9.59 Å². The van der Waals surface area contributed by atoms with Gasteiger partial charge in [0.1, 0.15) is 4.83 Å². The Morgan fingerprint density at radius 3 is 2.68 bits per heavy atom. The first-order valence-electron chi connectivity index (χ1n) is 8.30. The lowest BCUT2D eigenvalue weighted by atomic mass is 10.1. The van der Waals surface area contributed by atoms with Crippen molar-refractivity contribution in [3.63, 3.8) is 0 Å². The Bertz CT molecular complexity index is 960. The monoisotopic (exact) mass is 355 g/mol. The maximum absolute atomic E-state index is 13.0. The number of likely N-dealkylation sites (N-methyl/N-ethyl adjacent to an activating group) is 1. The molecule has 0 fully saturated rings. The van der Waals surface area contributed by atoms with E-state index in [0.717, 1.165) is 12.0 Å². The molecule has 25 heavy (non-hydrogen) atoms. The fraction of sp³-hybridized carbons (Fsp3) is 0.316. The zero-order chi connectivity index (χ0) is 18.0. The van der Waals surface area contributed by atoms with Crippen LogP contribution in [0, 0.1) is 6.92 Å². The molecule has 0 atom stereocenters. The molecule has 0 aliphatic carbocycles. The summed E-state index contributed by atoms with van der Waals surface area (Å²) in [6.07, 6.45) is 2.31. The van der Waals surface area contributed by atoms with E-state index in [1.165, 1.54) is 27.8 Å². The van der Waals surface area contributed by atoms with Gasteiger partial charge in [-0.1, -0.05) is 30.3 Å². The molecule has 0 aliphatic rings. The van der Waals surface area contributed by atoms with Crippen molar-refractivity contribution in [2.75, 3.05) is 13.1 Å². The van der Waals surface area contributed by atoms with Crippen LogP contribution in [0.3, 0.4) is 0 Å². The number of benzene rings is 1. The van der Waals surface area contributed by atoms with Crippen LogP contribution >= 0.6 is 11.3 Å². The highest BCUT2D eigenvalue weighted by atomic mass is 32.1. The van der Waals surface area contributed by atoms with E-state index in [1.54, 1.807) is 7.05 Å². The molecule has 0 aliphatic heterocycles. The quantitative estimate of drug-likeness (QED) is 0.707. The Hall–Kier alpha value is -2.47. The normalized spacial score (nSPS) is 11.0. The summed E-state index contributed by atoms with van der Waals surface area (Å²) < 4.78 is 1.45. The number of hydrogen-bond acceptors (Lipinski definition) is 4. The minimum absolute atomic E-state index is 0.0269. The van der Waals surface area contributed by atoms with Gasteiger partial charge in [-0.2, -0.15) is 0 Å². The average molecular weight is 355 g/mol. The van der Waals surface area contributed by atoms with Gasteiger partial charge in [0.15, 0.2) is 0 Å². The van der Waals surface area contributed by atoms with Gasteiger partial charge in [-0.25, -0.2) is 4.98 Å². The number of hydrogen-bond donors (Lipinski definition) is 0. The molecule has 2 aromatic heterocycles. The van der Waals surface area contributed by atoms with E-state index in [4.69, 9.17) is 0 Å². The number of thiophene rings is 1. The molecule has 0 unspecified atom stereocenters. The number of rotatable bonds is 5. The Labute approximate surface area is 150 Å². The van der Waals surface area contributed by atoms with Crippen molar-refractivity contribution < 1.29 is 4.79 Å². The van der Waals surface area contributed by atoms with Crippen molar-refractivity contribution in [3.8, 4) is 0 Å². The molecule has 3 aromatic rings. The van der Waals surface area contributed by atoms with E-state index < -0.39 is 0 Å². The van der Waals surface area contributed by atoms with Crippen LogP contribution in [0.25, 0.3) is 10.2 Å². The summed E-state index contributed by atoms with van der Waals surface area (Å²) in [4.78, 5) is 32.7. The second-order valence-corrected chi connectivity index (χ2v) is 7.02. The Morgan fingerprint density at radius 2 is 2.00 bits per heavy atom. The van der Waals surface area contributed by atoms with Crippen molar-refractivity contribution in [2.45, 2.75) is 20.3 Å². The maximum Gasteiger partial charge on any atom is 0.264 e. The van der Waals surface area contributed by atoms with Crippen molar-refractivity contribution in [1.29, 1.82) is 0 Å². The zero-order valence-electron chi connectivity index (χ0n) is 14.7. The first-order valence-corrected chi connectivity index (χ1v) is 9.12. The Morgan fingerprint density at radius 1 is 1.28 bits per heavy atom. The van der Waals surface area contributed by atoms with Crippen LogP contribution in [0.15, 0.2) is 41.5 Å². The summed E-state index contributed by atoms with van der Waals surface area (Å²) in [6.45, 7) is 5.09. The van der Waals surface area contributed by atoms with Crippen LogP contribution in [0.2, 0.25) is 0 Å². The van der Waals surface area contributed by atoms with E-state index in [0.29, 0.717) is 28.2 Å². The predicted molar refractivity (Wildman–Crippen MR) is 101 cm³/mol. The first kappa shape index (κ1) is 17.4. The molecular weight excluding hydrogens is 334 g/mol. The van der Waals surface area contributed by atoms with Gasteiger partial charge in [0.05, 0.1) is 16.6 Å². The first-order chi connectivity index (χ1) is 12.0. The van der Waals surface area contributed by atoms with Crippen LogP contribution in [-0.4, -0.2) is 33.4 Å². The Kier molecular flexibility index (Phi) is 4.99.